The molecule has 0 radical (unpaired) electrons. The summed E-state index contributed by atoms with van der Waals surface area (Å²) in [6.45, 7) is 5.79. The third kappa shape index (κ3) is 3.22. The van der Waals surface area contributed by atoms with Gasteiger partial charge in [-0.25, -0.2) is 4.98 Å². The summed E-state index contributed by atoms with van der Waals surface area (Å²) in [5, 5.41) is 12.5. The Labute approximate surface area is 84.2 Å². The number of aromatic nitrogens is 1. The molecule has 0 aliphatic rings. The average molecular weight is 195 g/mol. The number of anilines is 2. The number of nitrogens with two attached hydrogens (primary N) is 1. The van der Waals surface area contributed by atoms with Crippen molar-refractivity contribution in [3.63, 3.8) is 0 Å². The molecule has 1 rings (SSSR count). The summed E-state index contributed by atoms with van der Waals surface area (Å²) in [5.74, 6) is 0.735. The van der Waals surface area contributed by atoms with Gasteiger partial charge in [-0.15, -0.1) is 0 Å². The summed E-state index contributed by atoms with van der Waals surface area (Å²) < 4.78 is 0. The van der Waals surface area contributed by atoms with Gasteiger partial charge in [0, 0.05) is 6.54 Å². The highest BCUT2D eigenvalue weighted by Gasteiger charge is 2.11. The summed E-state index contributed by atoms with van der Waals surface area (Å²) in [5.41, 5.74) is 6.37. The predicted molar refractivity (Wildman–Crippen MR) is 58.2 cm³/mol. The highest BCUT2D eigenvalue weighted by Crippen LogP contribution is 2.12. The summed E-state index contributed by atoms with van der Waals surface area (Å²) in [4.78, 5) is 4.23. The van der Waals surface area contributed by atoms with Crippen LogP contribution in [0.25, 0.3) is 0 Å². The molecule has 0 amide bonds. The quantitative estimate of drug-likeness (QED) is 0.676. The van der Waals surface area contributed by atoms with Gasteiger partial charge in [-0.1, -0.05) is 0 Å². The van der Waals surface area contributed by atoms with Gasteiger partial charge in [-0.2, -0.15) is 0 Å². The molecule has 4 heteroatoms. The maximum atomic E-state index is 9.49. The first-order chi connectivity index (χ1) is 6.38. The van der Waals surface area contributed by atoms with Crippen LogP contribution in [0.1, 0.15) is 19.5 Å². The summed E-state index contributed by atoms with van der Waals surface area (Å²) in [6, 6.07) is 3.60. The number of nitrogens with one attached hydrogen (secondary N) is 1. The van der Waals surface area contributed by atoms with E-state index in [1.807, 2.05) is 6.92 Å². The minimum absolute atomic E-state index is 0.462. The normalized spacial score (nSPS) is 11.4. The largest absolute Gasteiger partial charge is 0.397 e. The first-order valence-electron chi connectivity index (χ1n) is 4.58. The van der Waals surface area contributed by atoms with E-state index in [0.717, 1.165) is 11.5 Å². The molecule has 0 aliphatic carbocycles. The lowest BCUT2D eigenvalue weighted by molar-refractivity contribution is 0.0944. The van der Waals surface area contributed by atoms with Gasteiger partial charge >= 0.3 is 0 Å². The highest BCUT2D eigenvalue weighted by molar-refractivity contribution is 5.49. The van der Waals surface area contributed by atoms with Crippen LogP contribution in [0.15, 0.2) is 12.1 Å². The van der Waals surface area contributed by atoms with Crippen molar-refractivity contribution in [2.75, 3.05) is 17.6 Å². The summed E-state index contributed by atoms with van der Waals surface area (Å²) in [6.07, 6.45) is 0. The van der Waals surface area contributed by atoms with Crippen LogP contribution in [0.3, 0.4) is 0 Å². The van der Waals surface area contributed by atoms with E-state index < -0.39 is 5.60 Å². The molecule has 14 heavy (non-hydrogen) atoms. The Kier molecular flexibility index (Phi) is 2.96. The molecule has 4 nitrogen and oxygen atoms in total. The Morgan fingerprint density at radius 1 is 1.50 bits per heavy atom. The molecule has 1 aromatic rings. The van der Waals surface area contributed by atoms with Crippen molar-refractivity contribution in [2.45, 2.75) is 26.4 Å². The second kappa shape index (κ2) is 3.84. The predicted octanol–water partition coefficient (Wildman–Crippen LogP) is 1.16. The smallest absolute Gasteiger partial charge is 0.126 e. The minimum Gasteiger partial charge on any atom is -0.397 e. The van der Waals surface area contributed by atoms with E-state index in [-0.39, 0.29) is 0 Å². The van der Waals surface area contributed by atoms with Crippen molar-refractivity contribution < 1.29 is 5.11 Å². The van der Waals surface area contributed by atoms with Crippen LogP contribution in [0, 0.1) is 6.92 Å². The number of hydrogen-bond acceptors (Lipinski definition) is 4. The van der Waals surface area contributed by atoms with E-state index >= 15 is 0 Å². The molecule has 78 valence electrons. The molecular weight excluding hydrogens is 178 g/mol. The fraction of sp³-hybridized carbons (Fsp3) is 0.500. The Balaban J connectivity index is 2.65. The van der Waals surface area contributed by atoms with Gasteiger partial charge in [-0.3, -0.25) is 0 Å². The first-order valence-corrected chi connectivity index (χ1v) is 4.58. The van der Waals surface area contributed by atoms with Gasteiger partial charge in [0.05, 0.1) is 17.0 Å². The van der Waals surface area contributed by atoms with Crippen LogP contribution in [0.4, 0.5) is 11.5 Å². The molecule has 0 spiro atoms. The van der Waals surface area contributed by atoms with Crippen LogP contribution in [-0.4, -0.2) is 22.2 Å². The van der Waals surface area contributed by atoms with E-state index in [1.54, 1.807) is 26.0 Å². The molecule has 0 fully saturated rings. The monoisotopic (exact) mass is 195 g/mol. The maximum Gasteiger partial charge on any atom is 0.126 e. The lowest BCUT2D eigenvalue weighted by Gasteiger charge is -2.18. The number of pyridine rings is 1. The van der Waals surface area contributed by atoms with Crippen molar-refractivity contribution in [3.05, 3.63) is 17.8 Å². The SMILES string of the molecule is Cc1nc(NCC(C)(C)O)ccc1N. The standard InChI is InChI=1S/C10H17N3O/c1-7-8(11)4-5-9(13-7)12-6-10(2,3)14/h4-5,14H,6,11H2,1-3H3,(H,12,13). The fourth-order valence-corrected chi connectivity index (χ4v) is 0.977. The molecule has 0 unspecified atom stereocenters. The number of nitrogens with zero attached hydrogens (tertiary/aromatic N) is 1. The van der Waals surface area contributed by atoms with Crippen LogP contribution >= 0.6 is 0 Å². The Bertz CT molecular complexity index is 318. The van der Waals surface area contributed by atoms with E-state index in [0.29, 0.717) is 12.2 Å². The second-order valence-electron chi connectivity index (χ2n) is 4.04. The van der Waals surface area contributed by atoms with Gasteiger partial charge < -0.3 is 16.2 Å². The number of hydrogen-bond donors (Lipinski definition) is 3. The van der Waals surface area contributed by atoms with E-state index in [9.17, 15) is 5.11 Å². The van der Waals surface area contributed by atoms with Crippen molar-refractivity contribution in [1.82, 2.24) is 4.98 Å². The van der Waals surface area contributed by atoms with Crippen LogP contribution in [-0.2, 0) is 0 Å². The maximum absolute atomic E-state index is 9.49. The summed E-state index contributed by atoms with van der Waals surface area (Å²) >= 11 is 0. The van der Waals surface area contributed by atoms with Gasteiger partial charge in [0.25, 0.3) is 0 Å². The van der Waals surface area contributed by atoms with Gasteiger partial charge in [0.1, 0.15) is 5.82 Å². The van der Waals surface area contributed by atoms with Gasteiger partial charge in [0.2, 0.25) is 0 Å². The molecule has 0 saturated heterocycles. The molecule has 1 aromatic heterocycles. The second-order valence-corrected chi connectivity index (χ2v) is 4.04. The van der Waals surface area contributed by atoms with Crippen molar-refractivity contribution in [1.29, 1.82) is 0 Å². The Morgan fingerprint density at radius 3 is 2.64 bits per heavy atom. The lowest BCUT2D eigenvalue weighted by Crippen LogP contribution is -2.29. The van der Waals surface area contributed by atoms with Crippen LogP contribution in [0.5, 0.6) is 0 Å². The number of nitrogen functional groups attached to an aromatic ring is 1. The van der Waals surface area contributed by atoms with Crippen molar-refractivity contribution in [3.8, 4) is 0 Å². The zero-order chi connectivity index (χ0) is 10.8. The fourth-order valence-electron chi connectivity index (χ4n) is 0.977. The molecule has 1 heterocycles. The number of rotatable bonds is 3. The Hall–Kier alpha value is -1.29. The number of aryl methyl sites for hydroxylation is 1. The third-order valence-corrected chi connectivity index (χ3v) is 1.83. The van der Waals surface area contributed by atoms with E-state index in [1.165, 1.54) is 0 Å². The van der Waals surface area contributed by atoms with Crippen LogP contribution in [0.2, 0.25) is 0 Å². The Morgan fingerprint density at radius 2 is 2.14 bits per heavy atom. The minimum atomic E-state index is -0.739. The van der Waals surface area contributed by atoms with E-state index in [2.05, 4.69) is 10.3 Å². The van der Waals surface area contributed by atoms with Crippen molar-refractivity contribution >= 4 is 11.5 Å². The molecule has 4 N–H and O–H groups in total. The topological polar surface area (TPSA) is 71.2 Å². The third-order valence-electron chi connectivity index (χ3n) is 1.83. The van der Waals surface area contributed by atoms with E-state index in [4.69, 9.17) is 5.73 Å². The van der Waals surface area contributed by atoms with Gasteiger partial charge in [0.15, 0.2) is 0 Å². The molecule has 0 bridgehead atoms. The lowest BCUT2D eigenvalue weighted by atomic mass is 10.1. The summed E-state index contributed by atoms with van der Waals surface area (Å²) in [7, 11) is 0. The highest BCUT2D eigenvalue weighted by atomic mass is 16.3. The van der Waals surface area contributed by atoms with Gasteiger partial charge in [-0.05, 0) is 32.9 Å². The molecular formula is C10H17N3O. The zero-order valence-corrected chi connectivity index (χ0v) is 8.83. The first kappa shape index (κ1) is 10.8. The zero-order valence-electron chi connectivity index (χ0n) is 8.83. The molecule has 0 aromatic carbocycles. The average Bonchev–Trinajstić information content (AvgIpc) is 2.06. The van der Waals surface area contributed by atoms with Crippen molar-refractivity contribution in [2.24, 2.45) is 0 Å². The number of aliphatic hydroxyl groups is 1. The van der Waals surface area contributed by atoms with Crippen LogP contribution < -0.4 is 11.1 Å². The molecule has 0 aliphatic heterocycles. The molecule has 0 atom stereocenters. The molecule has 0 saturated carbocycles.